The molecule has 1 N–H and O–H groups in total. The molecular formula is C22H24N2OS. The van der Waals surface area contributed by atoms with Gasteiger partial charge in [-0.2, -0.15) is 0 Å². The van der Waals surface area contributed by atoms with Crippen LogP contribution in [0.4, 0.5) is 0 Å². The SMILES string of the molecule is O=C(NC1Cc2ccccc2C1)C1CN(SC2CC2)Cc2ccccc21. The molecule has 1 unspecified atom stereocenters. The zero-order chi connectivity index (χ0) is 17.5. The van der Waals surface area contributed by atoms with Gasteiger partial charge in [0.2, 0.25) is 5.91 Å². The van der Waals surface area contributed by atoms with Crippen LogP contribution in [-0.4, -0.2) is 28.0 Å². The van der Waals surface area contributed by atoms with Crippen LogP contribution in [0, 0.1) is 0 Å². The molecule has 1 atom stereocenters. The van der Waals surface area contributed by atoms with Crippen molar-refractivity contribution in [3.63, 3.8) is 0 Å². The Balaban J connectivity index is 1.32. The molecular weight excluding hydrogens is 340 g/mol. The molecule has 5 rings (SSSR count). The fourth-order valence-corrected chi connectivity index (χ4v) is 5.44. The molecule has 0 saturated heterocycles. The van der Waals surface area contributed by atoms with Crippen LogP contribution in [-0.2, 0) is 24.2 Å². The van der Waals surface area contributed by atoms with Crippen LogP contribution in [0.1, 0.15) is 41.0 Å². The molecule has 134 valence electrons. The molecule has 26 heavy (non-hydrogen) atoms. The number of carbonyl (C=O) groups excluding carboxylic acids is 1. The highest BCUT2D eigenvalue weighted by Gasteiger charge is 2.35. The summed E-state index contributed by atoms with van der Waals surface area (Å²) in [6.07, 6.45) is 4.55. The van der Waals surface area contributed by atoms with E-state index in [0.717, 1.165) is 31.2 Å². The van der Waals surface area contributed by atoms with E-state index in [1.54, 1.807) is 0 Å². The third-order valence-electron chi connectivity index (χ3n) is 5.70. The summed E-state index contributed by atoms with van der Waals surface area (Å²) in [6, 6.07) is 17.3. The molecule has 0 spiro atoms. The summed E-state index contributed by atoms with van der Waals surface area (Å²) in [5.74, 6) is 0.131. The van der Waals surface area contributed by atoms with Gasteiger partial charge in [0.05, 0.1) is 5.92 Å². The van der Waals surface area contributed by atoms with Crippen molar-refractivity contribution in [1.29, 1.82) is 0 Å². The lowest BCUT2D eigenvalue weighted by molar-refractivity contribution is -0.123. The van der Waals surface area contributed by atoms with Gasteiger partial charge in [-0.15, -0.1) is 0 Å². The maximum Gasteiger partial charge on any atom is 0.229 e. The summed E-state index contributed by atoms with van der Waals surface area (Å²) in [7, 11) is 0. The third-order valence-corrected chi connectivity index (χ3v) is 7.05. The number of nitrogens with zero attached hydrogens (tertiary/aromatic N) is 1. The quantitative estimate of drug-likeness (QED) is 0.840. The van der Waals surface area contributed by atoms with Crippen LogP contribution in [0.5, 0.6) is 0 Å². The van der Waals surface area contributed by atoms with Crippen LogP contribution >= 0.6 is 11.9 Å². The molecule has 0 bridgehead atoms. The van der Waals surface area contributed by atoms with E-state index in [2.05, 4.69) is 58.2 Å². The second-order valence-electron chi connectivity index (χ2n) is 7.76. The Bertz CT molecular complexity index is 807. The van der Waals surface area contributed by atoms with Crippen LogP contribution in [0.15, 0.2) is 48.5 Å². The monoisotopic (exact) mass is 364 g/mol. The Morgan fingerprint density at radius 3 is 2.31 bits per heavy atom. The Kier molecular flexibility index (Phi) is 4.26. The van der Waals surface area contributed by atoms with E-state index in [1.165, 1.54) is 35.1 Å². The molecule has 1 aliphatic heterocycles. The van der Waals surface area contributed by atoms with Crippen molar-refractivity contribution in [3.8, 4) is 0 Å². The standard InChI is InChI=1S/C22H24N2OS/c25-22(23-18-11-15-5-1-2-6-16(15)12-18)21-14-24(26-19-9-10-19)13-17-7-3-4-8-20(17)21/h1-8,18-19,21H,9-14H2,(H,23,25). The van der Waals surface area contributed by atoms with Crippen molar-refractivity contribution < 1.29 is 4.79 Å². The number of fused-ring (bicyclic) bond motifs is 2. The Morgan fingerprint density at radius 1 is 0.962 bits per heavy atom. The van der Waals surface area contributed by atoms with Crippen LogP contribution in [0.2, 0.25) is 0 Å². The van der Waals surface area contributed by atoms with Gasteiger partial charge in [0, 0.05) is 24.4 Å². The Labute approximate surface area is 159 Å². The summed E-state index contributed by atoms with van der Waals surface area (Å²) in [6.45, 7) is 1.78. The first kappa shape index (κ1) is 16.4. The fourth-order valence-electron chi connectivity index (χ4n) is 4.23. The maximum absolute atomic E-state index is 13.2. The van der Waals surface area contributed by atoms with E-state index in [4.69, 9.17) is 0 Å². The van der Waals surface area contributed by atoms with Crippen LogP contribution in [0.25, 0.3) is 0 Å². The molecule has 1 heterocycles. The van der Waals surface area contributed by atoms with Gasteiger partial charge < -0.3 is 5.32 Å². The van der Waals surface area contributed by atoms with E-state index in [0.29, 0.717) is 0 Å². The fraction of sp³-hybridized carbons (Fsp3) is 0.409. The van der Waals surface area contributed by atoms with Gasteiger partial charge in [0.1, 0.15) is 0 Å². The van der Waals surface area contributed by atoms with E-state index in [-0.39, 0.29) is 17.9 Å². The number of nitrogens with one attached hydrogen (secondary N) is 1. The summed E-state index contributed by atoms with van der Waals surface area (Å²) in [4.78, 5) is 13.2. The molecule has 3 aliphatic rings. The van der Waals surface area contributed by atoms with Crippen LogP contribution < -0.4 is 5.32 Å². The van der Waals surface area contributed by atoms with E-state index in [9.17, 15) is 4.79 Å². The molecule has 2 aromatic carbocycles. The van der Waals surface area contributed by atoms with Crippen molar-refractivity contribution in [2.75, 3.05) is 6.54 Å². The summed E-state index contributed by atoms with van der Waals surface area (Å²) in [5.41, 5.74) is 5.29. The van der Waals surface area contributed by atoms with Gasteiger partial charge in [-0.25, -0.2) is 4.31 Å². The number of hydrogen-bond donors (Lipinski definition) is 1. The Hall–Kier alpha value is -1.78. The van der Waals surface area contributed by atoms with Crippen molar-refractivity contribution >= 4 is 17.9 Å². The average Bonchev–Trinajstić information content (AvgIpc) is 3.37. The van der Waals surface area contributed by atoms with Crippen molar-refractivity contribution in [2.24, 2.45) is 0 Å². The van der Waals surface area contributed by atoms with E-state index in [1.807, 2.05) is 11.9 Å². The second-order valence-corrected chi connectivity index (χ2v) is 9.16. The van der Waals surface area contributed by atoms with Crippen molar-refractivity contribution in [3.05, 3.63) is 70.8 Å². The van der Waals surface area contributed by atoms with Gasteiger partial charge in [0.15, 0.2) is 0 Å². The first-order valence-corrected chi connectivity index (χ1v) is 10.5. The molecule has 4 heteroatoms. The van der Waals surface area contributed by atoms with Gasteiger partial charge >= 0.3 is 0 Å². The lowest BCUT2D eigenvalue weighted by Crippen LogP contribution is -2.43. The number of hydrogen-bond acceptors (Lipinski definition) is 3. The maximum atomic E-state index is 13.2. The summed E-state index contributed by atoms with van der Waals surface area (Å²) < 4.78 is 2.41. The minimum atomic E-state index is -0.0603. The first-order valence-electron chi connectivity index (χ1n) is 9.63. The summed E-state index contributed by atoms with van der Waals surface area (Å²) >= 11 is 1.96. The normalized spacial score (nSPS) is 22.7. The number of amides is 1. The lowest BCUT2D eigenvalue weighted by Gasteiger charge is -2.33. The van der Waals surface area contributed by atoms with Gasteiger partial charge in [-0.1, -0.05) is 60.5 Å². The zero-order valence-corrected chi connectivity index (χ0v) is 15.7. The predicted octanol–water partition coefficient (Wildman–Crippen LogP) is 3.68. The first-order chi connectivity index (χ1) is 12.8. The zero-order valence-electron chi connectivity index (χ0n) is 14.9. The highest BCUT2D eigenvalue weighted by molar-refractivity contribution is 7.97. The summed E-state index contributed by atoms with van der Waals surface area (Å²) in [5, 5.41) is 4.12. The molecule has 1 fully saturated rings. The molecule has 1 saturated carbocycles. The third kappa shape index (κ3) is 3.28. The minimum Gasteiger partial charge on any atom is -0.352 e. The second kappa shape index (κ2) is 6.75. The molecule has 1 amide bonds. The predicted molar refractivity (Wildman–Crippen MR) is 106 cm³/mol. The number of rotatable bonds is 4. The smallest absolute Gasteiger partial charge is 0.229 e. The van der Waals surface area contributed by atoms with E-state index >= 15 is 0 Å². The number of carbonyl (C=O) groups is 1. The largest absolute Gasteiger partial charge is 0.352 e. The molecule has 0 radical (unpaired) electrons. The lowest BCUT2D eigenvalue weighted by atomic mass is 9.90. The van der Waals surface area contributed by atoms with Gasteiger partial charge in [-0.05, 0) is 47.9 Å². The Morgan fingerprint density at radius 2 is 1.62 bits per heavy atom. The highest BCUT2D eigenvalue weighted by Crippen LogP contribution is 2.40. The van der Waals surface area contributed by atoms with E-state index < -0.39 is 0 Å². The molecule has 0 aromatic heterocycles. The van der Waals surface area contributed by atoms with Gasteiger partial charge in [-0.3, -0.25) is 4.79 Å². The molecule has 3 nitrogen and oxygen atoms in total. The van der Waals surface area contributed by atoms with Gasteiger partial charge in [0.25, 0.3) is 0 Å². The highest BCUT2D eigenvalue weighted by atomic mass is 32.2. The average molecular weight is 365 g/mol. The van der Waals surface area contributed by atoms with Crippen LogP contribution in [0.3, 0.4) is 0 Å². The molecule has 2 aromatic rings. The van der Waals surface area contributed by atoms with Crippen molar-refractivity contribution in [1.82, 2.24) is 9.62 Å². The van der Waals surface area contributed by atoms with Crippen molar-refractivity contribution in [2.45, 2.75) is 49.4 Å². The number of benzene rings is 2. The minimum absolute atomic E-state index is 0.0603. The topological polar surface area (TPSA) is 32.3 Å². The molecule has 2 aliphatic carbocycles.